The topological polar surface area (TPSA) is 24.4 Å². The molecule has 3 heteroatoms. The Balaban J connectivity index is 1.98. The van der Waals surface area contributed by atoms with Crippen molar-refractivity contribution in [3.8, 4) is 0 Å². The number of aliphatic imine (C=N–C) groups is 1. The highest BCUT2D eigenvalue weighted by molar-refractivity contribution is 7.08. The maximum atomic E-state index is 4.41. The highest BCUT2D eigenvalue weighted by Gasteiger charge is 2.04. The van der Waals surface area contributed by atoms with Crippen LogP contribution in [0, 0.1) is 0 Å². The highest BCUT2D eigenvalue weighted by Crippen LogP contribution is 2.14. The molecule has 1 aliphatic heterocycles. The summed E-state index contributed by atoms with van der Waals surface area (Å²) < 4.78 is 0. The van der Waals surface area contributed by atoms with Crippen molar-refractivity contribution in [2.75, 3.05) is 11.9 Å². The van der Waals surface area contributed by atoms with Gasteiger partial charge in [0.05, 0.1) is 5.69 Å². The minimum absolute atomic E-state index is 0.993. The quantitative estimate of drug-likeness (QED) is 0.706. The number of hydrogen-bond donors (Lipinski definition) is 1. The molecule has 0 aromatic carbocycles. The smallest absolute Gasteiger partial charge is 0.101 e. The Bertz CT molecular complexity index is 264. The Morgan fingerprint density at radius 3 is 3.08 bits per heavy atom. The van der Waals surface area contributed by atoms with Crippen LogP contribution in [0.3, 0.4) is 0 Å². The molecule has 0 saturated heterocycles. The fourth-order valence-electron chi connectivity index (χ4n) is 1.30. The molecule has 0 spiro atoms. The van der Waals surface area contributed by atoms with Crippen LogP contribution in [0.5, 0.6) is 0 Å². The summed E-state index contributed by atoms with van der Waals surface area (Å²) in [6.45, 7) is 0.993. The van der Waals surface area contributed by atoms with E-state index in [0.717, 1.165) is 18.8 Å². The normalized spacial score (nSPS) is 17.2. The van der Waals surface area contributed by atoms with E-state index in [1.165, 1.54) is 18.5 Å². The van der Waals surface area contributed by atoms with Crippen LogP contribution in [0.25, 0.3) is 0 Å². The fraction of sp³-hybridized carbons (Fsp3) is 0.444. The van der Waals surface area contributed by atoms with Crippen molar-refractivity contribution in [1.82, 2.24) is 0 Å². The number of anilines is 1. The van der Waals surface area contributed by atoms with Crippen LogP contribution in [0.4, 0.5) is 5.69 Å². The van der Waals surface area contributed by atoms with Crippen molar-refractivity contribution >= 4 is 22.9 Å². The van der Waals surface area contributed by atoms with Gasteiger partial charge < -0.3 is 5.32 Å². The van der Waals surface area contributed by atoms with E-state index in [9.17, 15) is 0 Å². The first-order chi connectivity index (χ1) is 5.95. The van der Waals surface area contributed by atoms with Gasteiger partial charge in [0.15, 0.2) is 0 Å². The molecule has 1 aromatic rings. The Morgan fingerprint density at radius 1 is 1.42 bits per heavy atom. The zero-order valence-electron chi connectivity index (χ0n) is 6.92. The third-order valence-electron chi connectivity index (χ3n) is 1.93. The summed E-state index contributed by atoms with van der Waals surface area (Å²) in [5.74, 6) is 1.15. The summed E-state index contributed by atoms with van der Waals surface area (Å²) in [7, 11) is 0. The third kappa shape index (κ3) is 1.85. The van der Waals surface area contributed by atoms with Crippen LogP contribution in [0.15, 0.2) is 21.8 Å². The fourth-order valence-corrected chi connectivity index (χ4v) is 1.89. The second kappa shape index (κ2) is 3.72. The summed E-state index contributed by atoms with van der Waals surface area (Å²) in [4.78, 5) is 4.41. The van der Waals surface area contributed by atoms with Crippen LogP contribution in [-0.4, -0.2) is 12.4 Å². The van der Waals surface area contributed by atoms with Crippen molar-refractivity contribution in [1.29, 1.82) is 0 Å². The van der Waals surface area contributed by atoms with Gasteiger partial charge in [0.2, 0.25) is 0 Å². The van der Waals surface area contributed by atoms with Crippen molar-refractivity contribution in [3.05, 3.63) is 16.8 Å². The van der Waals surface area contributed by atoms with Gasteiger partial charge in [-0.15, -0.1) is 0 Å². The van der Waals surface area contributed by atoms with E-state index in [4.69, 9.17) is 0 Å². The lowest BCUT2D eigenvalue weighted by molar-refractivity contribution is 0.737. The Hall–Kier alpha value is -0.830. The van der Waals surface area contributed by atoms with E-state index in [1.807, 2.05) is 0 Å². The highest BCUT2D eigenvalue weighted by atomic mass is 32.1. The zero-order chi connectivity index (χ0) is 8.23. The molecule has 0 atom stereocenters. The molecule has 2 heterocycles. The number of hydrogen-bond acceptors (Lipinski definition) is 3. The van der Waals surface area contributed by atoms with Gasteiger partial charge in [-0.3, -0.25) is 4.99 Å². The predicted molar refractivity (Wildman–Crippen MR) is 54.1 cm³/mol. The predicted octanol–water partition coefficient (Wildman–Crippen LogP) is 2.74. The molecular weight excluding hydrogens is 168 g/mol. The number of rotatable bonds is 1. The Kier molecular flexibility index (Phi) is 2.42. The summed E-state index contributed by atoms with van der Waals surface area (Å²) in [5, 5.41) is 7.50. The van der Waals surface area contributed by atoms with Gasteiger partial charge in [-0.2, -0.15) is 11.3 Å². The van der Waals surface area contributed by atoms with Gasteiger partial charge in [-0.25, -0.2) is 0 Å². The first-order valence-electron chi connectivity index (χ1n) is 4.28. The second-order valence-corrected chi connectivity index (χ2v) is 3.70. The van der Waals surface area contributed by atoms with E-state index < -0.39 is 0 Å². The molecule has 0 unspecified atom stereocenters. The molecule has 1 aromatic heterocycles. The first kappa shape index (κ1) is 7.80. The van der Waals surface area contributed by atoms with E-state index in [0.29, 0.717) is 0 Å². The molecule has 0 radical (unpaired) electrons. The molecule has 2 nitrogen and oxygen atoms in total. The average Bonchev–Trinajstić information content (AvgIpc) is 2.59. The van der Waals surface area contributed by atoms with Crippen LogP contribution < -0.4 is 5.32 Å². The van der Waals surface area contributed by atoms with E-state index in [-0.39, 0.29) is 0 Å². The number of amidine groups is 1. The average molecular weight is 180 g/mol. The lowest BCUT2D eigenvalue weighted by Gasteiger charge is -2.12. The maximum absolute atomic E-state index is 4.41. The van der Waals surface area contributed by atoms with Crippen molar-refractivity contribution in [2.24, 2.45) is 4.99 Å². The molecule has 0 fully saturated rings. The first-order valence-corrected chi connectivity index (χ1v) is 5.22. The van der Waals surface area contributed by atoms with Crippen LogP contribution >= 0.6 is 11.3 Å². The van der Waals surface area contributed by atoms with Gasteiger partial charge in [-0.1, -0.05) is 0 Å². The van der Waals surface area contributed by atoms with Crippen molar-refractivity contribution in [2.45, 2.75) is 19.3 Å². The van der Waals surface area contributed by atoms with Gasteiger partial charge in [0.25, 0.3) is 0 Å². The molecular formula is C9H12N2S. The van der Waals surface area contributed by atoms with Gasteiger partial charge in [-0.05, 0) is 24.3 Å². The van der Waals surface area contributed by atoms with Crippen molar-refractivity contribution < 1.29 is 0 Å². The lowest BCUT2D eigenvalue weighted by Crippen LogP contribution is -2.15. The van der Waals surface area contributed by atoms with Gasteiger partial charge in [0.1, 0.15) is 5.84 Å². The second-order valence-electron chi connectivity index (χ2n) is 2.92. The standard InChI is InChI=1S/C9H12N2S/c1-2-5-10-9(3-1)11-8-4-6-12-7-8/h4,6-7H,1-3,5H2,(H,10,11). The summed E-state index contributed by atoms with van der Waals surface area (Å²) in [5.41, 5.74) is 1.18. The minimum atomic E-state index is 0.993. The van der Waals surface area contributed by atoms with Crippen LogP contribution in [0.2, 0.25) is 0 Å². The summed E-state index contributed by atoms with van der Waals surface area (Å²) >= 11 is 1.71. The van der Waals surface area contributed by atoms with E-state index in [1.54, 1.807) is 11.3 Å². The minimum Gasteiger partial charge on any atom is -0.343 e. The summed E-state index contributed by atoms with van der Waals surface area (Å²) in [6, 6.07) is 2.09. The molecule has 1 aliphatic rings. The molecule has 0 aliphatic carbocycles. The SMILES string of the molecule is c1cc(NC2=NCCCC2)cs1. The Labute approximate surface area is 76.3 Å². The zero-order valence-corrected chi connectivity index (χ0v) is 7.73. The van der Waals surface area contributed by atoms with Crippen molar-refractivity contribution in [3.63, 3.8) is 0 Å². The van der Waals surface area contributed by atoms with Gasteiger partial charge in [0, 0.05) is 18.3 Å². The molecule has 64 valence electrons. The number of thiophene rings is 1. The lowest BCUT2D eigenvalue weighted by atomic mass is 10.2. The van der Waals surface area contributed by atoms with Crippen LogP contribution in [0.1, 0.15) is 19.3 Å². The van der Waals surface area contributed by atoms with Crippen LogP contribution in [-0.2, 0) is 0 Å². The molecule has 12 heavy (non-hydrogen) atoms. The van der Waals surface area contributed by atoms with E-state index >= 15 is 0 Å². The molecule has 0 saturated carbocycles. The molecule has 1 N–H and O–H groups in total. The largest absolute Gasteiger partial charge is 0.343 e. The summed E-state index contributed by atoms with van der Waals surface area (Å²) in [6.07, 6.45) is 3.63. The maximum Gasteiger partial charge on any atom is 0.101 e. The third-order valence-corrected chi connectivity index (χ3v) is 2.62. The molecule has 2 rings (SSSR count). The monoisotopic (exact) mass is 180 g/mol. The Morgan fingerprint density at radius 2 is 2.42 bits per heavy atom. The van der Waals surface area contributed by atoms with Gasteiger partial charge >= 0.3 is 0 Å². The van der Waals surface area contributed by atoms with E-state index in [2.05, 4.69) is 27.1 Å². The molecule has 0 amide bonds. The molecule has 0 bridgehead atoms. The number of nitrogens with one attached hydrogen (secondary N) is 1. The number of nitrogens with zero attached hydrogens (tertiary/aromatic N) is 1.